The molecule has 0 fully saturated rings. The standard InChI is InChI=1S/C11H16N2O.C2H6/c1-9(14)8-12-10-5-4-6-11(7-10)13(2)3;1-2/h4-7,12H,8H2,1-3H3;1-2H3. The number of carbonyl (C=O) groups is 1. The molecule has 0 saturated heterocycles. The molecular weight excluding hydrogens is 200 g/mol. The van der Waals surface area contributed by atoms with Crippen LogP contribution in [0.25, 0.3) is 0 Å². The van der Waals surface area contributed by atoms with Crippen molar-refractivity contribution in [1.82, 2.24) is 0 Å². The number of Topliss-reactive ketones (excluding diaryl/α,β-unsaturated/α-hetero) is 1. The van der Waals surface area contributed by atoms with Crippen molar-refractivity contribution in [3.05, 3.63) is 24.3 Å². The summed E-state index contributed by atoms with van der Waals surface area (Å²) in [6.07, 6.45) is 0. The van der Waals surface area contributed by atoms with Gasteiger partial charge in [0.05, 0.1) is 6.54 Å². The number of nitrogens with zero attached hydrogens (tertiary/aromatic N) is 1. The highest BCUT2D eigenvalue weighted by molar-refractivity contribution is 5.80. The highest BCUT2D eigenvalue weighted by Crippen LogP contribution is 2.16. The lowest BCUT2D eigenvalue weighted by molar-refractivity contribution is -0.115. The van der Waals surface area contributed by atoms with Crippen LogP contribution in [0.5, 0.6) is 0 Å². The van der Waals surface area contributed by atoms with Crippen molar-refractivity contribution < 1.29 is 4.79 Å². The molecule has 0 amide bonds. The van der Waals surface area contributed by atoms with E-state index in [9.17, 15) is 4.79 Å². The van der Waals surface area contributed by atoms with Crippen LogP contribution in [0.3, 0.4) is 0 Å². The quantitative estimate of drug-likeness (QED) is 0.850. The molecular formula is C13H22N2O. The Morgan fingerprint density at radius 2 is 1.94 bits per heavy atom. The van der Waals surface area contributed by atoms with Crippen LogP contribution in [-0.2, 0) is 4.79 Å². The summed E-state index contributed by atoms with van der Waals surface area (Å²) in [7, 11) is 3.98. The summed E-state index contributed by atoms with van der Waals surface area (Å²) in [5.74, 6) is 0.139. The van der Waals surface area contributed by atoms with E-state index in [1.807, 2.05) is 57.1 Å². The summed E-state index contributed by atoms with van der Waals surface area (Å²) < 4.78 is 0. The van der Waals surface area contributed by atoms with Crippen LogP contribution in [0.15, 0.2) is 24.3 Å². The normalized spacial score (nSPS) is 8.81. The van der Waals surface area contributed by atoms with Gasteiger partial charge in [-0.2, -0.15) is 0 Å². The maximum atomic E-state index is 10.8. The van der Waals surface area contributed by atoms with Crippen LogP contribution in [0.4, 0.5) is 11.4 Å². The summed E-state index contributed by atoms with van der Waals surface area (Å²) in [4.78, 5) is 12.8. The van der Waals surface area contributed by atoms with Crippen LogP contribution < -0.4 is 10.2 Å². The van der Waals surface area contributed by atoms with Crippen molar-refractivity contribution in [3.8, 4) is 0 Å². The van der Waals surface area contributed by atoms with Crippen LogP contribution in [0, 0.1) is 0 Å². The molecule has 0 aliphatic rings. The van der Waals surface area contributed by atoms with Gasteiger partial charge >= 0.3 is 0 Å². The van der Waals surface area contributed by atoms with Crippen molar-refractivity contribution >= 4 is 17.2 Å². The number of benzene rings is 1. The van der Waals surface area contributed by atoms with Crippen LogP contribution >= 0.6 is 0 Å². The monoisotopic (exact) mass is 222 g/mol. The Balaban J connectivity index is 0.00000106. The molecule has 0 aromatic heterocycles. The first-order valence-corrected chi connectivity index (χ1v) is 5.60. The van der Waals surface area contributed by atoms with Crippen molar-refractivity contribution in [3.63, 3.8) is 0 Å². The lowest BCUT2D eigenvalue weighted by Gasteiger charge is -2.13. The summed E-state index contributed by atoms with van der Waals surface area (Å²) in [5, 5.41) is 3.06. The van der Waals surface area contributed by atoms with E-state index in [0.717, 1.165) is 11.4 Å². The highest BCUT2D eigenvalue weighted by Gasteiger charge is 1.97. The first-order valence-electron chi connectivity index (χ1n) is 5.60. The summed E-state index contributed by atoms with van der Waals surface area (Å²) >= 11 is 0. The number of carbonyl (C=O) groups excluding carboxylic acids is 1. The lowest BCUT2D eigenvalue weighted by Crippen LogP contribution is -2.11. The number of hydrogen-bond acceptors (Lipinski definition) is 3. The second-order valence-corrected chi connectivity index (χ2v) is 3.50. The smallest absolute Gasteiger partial charge is 0.148 e. The third kappa shape index (κ3) is 5.39. The number of anilines is 2. The Bertz CT molecular complexity index is 321. The van der Waals surface area contributed by atoms with Crippen molar-refractivity contribution in [2.75, 3.05) is 30.9 Å². The highest BCUT2D eigenvalue weighted by atomic mass is 16.1. The first-order chi connectivity index (χ1) is 7.59. The van der Waals surface area contributed by atoms with E-state index in [-0.39, 0.29) is 5.78 Å². The van der Waals surface area contributed by atoms with Gasteiger partial charge < -0.3 is 10.2 Å². The first kappa shape index (κ1) is 14.5. The molecule has 1 aromatic carbocycles. The molecule has 1 N–H and O–H groups in total. The molecule has 1 rings (SSSR count). The Hall–Kier alpha value is -1.51. The van der Waals surface area contributed by atoms with E-state index >= 15 is 0 Å². The molecule has 0 unspecified atom stereocenters. The minimum Gasteiger partial charge on any atom is -0.378 e. The predicted molar refractivity (Wildman–Crippen MR) is 71.3 cm³/mol. The molecule has 0 atom stereocenters. The number of ketones is 1. The van der Waals surface area contributed by atoms with Gasteiger partial charge in [0.25, 0.3) is 0 Å². The molecule has 0 aliphatic heterocycles. The molecule has 0 saturated carbocycles. The van der Waals surface area contributed by atoms with Gasteiger partial charge in [-0.1, -0.05) is 19.9 Å². The zero-order valence-corrected chi connectivity index (χ0v) is 10.9. The Morgan fingerprint density at radius 1 is 1.31 bits per heavy atom. The number of nitrogens with one attached hydrogen (secondary N) is 1. The molecule has 3 heteroatoms. The molecule has 16 heavy (non-hydrogen) atoms. The minimum absolute atomic E-state index is 0.139. The van der Waals surface area contributed by atoms with Gasteiger partial charge in [0, 0.05) is 25.5 Å². The van der Waals surface area contributed by atoms with Gasteiger partial charge in [0.15, 0.2) is 0 Å². The van der Waals surface area contributed by atoms with Gasteiger partial charge in [-0.05, 0) is 25.1 Å². The van der Waals surface area contributed by atoms with Crippen molar-refractivity contribution in [2.24, 2.45) is 0 Å². The van der Waals surface area contributed by atoms with Crippen LogP contribution in [0.2, 0.25) is 0 Å². The zero-order chi connectivity index (χ0) is 12.6. The molecule has 1 aromatic rings. The van der Waals surface area contributed by atoms with E-state index in [0.29, 0.717) is 6.54 Å². The van der Waals surface area contributed by atoms with E-state index in [1.54, 1.807) is 6.92 Å². The van der Waals surface area contributed by atoms with Gasteiger partial charge in [0.2, 0.25) is 0 Å². The molecule has 3 nitrogen and oxygen atoms in total. The average molecular weight is 222 g/mol. The van der Waals surface area contributed by atoms with Crippen molar-refractivity contribution in [2.45, 2.75) is 20.8 Å². The van der Waals surface area contributed by atoms with Gasteiger partial charge in [-0.25, -0.2) is 0 Å². The summed E-state index contributed by atoms with van der Waals surface area (Å²) in [6, 6.07) is 7.97. The van der Waals surface area contributed by atoms with Gasteiger partial charge in [0.1, 0.15) is 5.78 Å². The Kier molecular flexibility index (Phi) is 7.01. The van der Waals surface area contributed by atoms with E-state index in [1.165, 1.54) is 0 Å². The number of rotatable bonds is 4. The Labute approximate surface area is 98.5 Å². The third-order valence-electron chi connectivity index (χ3n) is 1.90. The second-order valence-electron chi connectivity index (χ2n) is 3.50. The fourth-order valence-electron chi connectivity index (χ4n) is 1.12. The predicted octanol–water partition coefficient (Wildman–Crippen LogP) is 2.78. The molecule has 0 radical (unpaired) electrons. The number of hydrogen-bond donors (Lipinski definition) is 1. The molecule has 0 heterocycles. The molecule has 0 spiro atoms. The van der Waals surface area contributed by atoms with Crippen LogP contribution in [-0.4, -0.2) is 26.4 Å². The van der Waals surface area contributed by atoms with E-state index in [2.05, 4.69) is 5.32 Å². The average Bonchev–Trinajstić information content (AvgIpc) is 2.29. The fourth-order valence-corrected chi connectivity index (χ4v) is 1.12. The van der Waals surface area contributed by atoms with Crippen LogP contribution in [0.1, 0.15) is 20.8 Å². The Morgan fingerprint density at radius 3 is 2.44 bits per heavy atom. The zero-order valence-electron chi connectivity index (χ0n) is 10.9. The molecule has 0 aliphatic carbocycles. The largest absolute Gasteiger partial charge is 0.378 e. The molecule has 0 bridgehead atoms. The minimum atomic E-state index is 0.139. The van der Waals surface area contributed by atoms with Gasteiger partial charge in [-0.15, -0.1) is 0 Å². The van der Waals surface area contributed by atoms with Gasteiger partial charge in [-0.3, -0.25) is 4.79 Å². The van der Waals surface area contributed by atoms with Crippen molar-refractivity contribution in [1.29, 1.82) is 0 Å². The maximum Gasteiger partial charge on any atom is 0.148 e. The molecule has 90 valence electrons. The van der Waals surface area contributed by atoms with E-state index in [4.69, 9.17) is 0 Å². The summed E-state index contributed by atoms with van der Waals surface area (Å²) in [6.45, 7) is 5.96. The topological polar surface area (TPSA) is 32.3 Å². The second kappa shape index (κ2) is 7.74. The fraction of sp³-hybridized carbons (Fsp3) is 0.462. The van der Waals surface area contributed by atoms with E-state index < -0.39 is 0 Å². The summed E-state index contributed by atoms with van der Waals surface area (Å²) in [5.41, 5.74) is 2.10. The SMILES string of the molecule is CC.CC(=O)CNc1cccc(N(C)C)c1. The third-order valence-corrected chi connectivity index (χ3v) is 1.90. The maximum absolute atomic E-state index is 10.8. The lowest BCUT2D eigenvalue weighted by atomic mass is 10.2.